The molecule has 0 heterocycles. The van der Waals surface area contributed by atoms with Crippen LogP contribution in [0.1, 0.15) is 24.8 Å². The van der Waals surface area contributed by atoms with Crippen molar-refractivity contribution in [3.05, 3.63) is 28.2 Å². The van der Waals surface area contributed by atoms with Crippen molar-refractivity contribution in [2.24, 2.45) is 5.73 Å². The molecule has 2 rings (SSSR count). The first kappa shape index (κ1) is 11.9. The quantitative estimate of drug-likeness (QED) is 0.920. The lowest BCUT2D eigenvalue weighted by atomic mass is 9.91. The van der Waals surface area contributed by atoms with Crippen LogP contribution in [-0.4, -0.2) is 19.6 Å². The molecule has 0 radical (unpaired) electrons. The summed E-state index contributed by atoms with van der Waals surface area (Å²) in [5, 5.41) is 0. The van der Waals surface area contributed by atoms with Gasteiger partial charge in [-0.25, -0.2) is 0 Å². The molecule has 1 fully saturated rings. The van der Waals surface area contributed by atoms with Gasteiger partial charge in [-0.15, -0.1) is 0 Å². The van der Waals surface area contributed by atoms with Crippen molar-refractivity contribution >= 4 is 21.6 Å². The summed E-state index contributed by atoms with van der Waals surface area (Å²) in [5.74, 6) is 0. The van der Waals surface area contributed by atoms with Gasteiger partial charge in [0.1, 0.15) is 0 Å². The molecule has 0 bridgehead atoms. The van der Waals surface area contributed by atoms with Crippen LogP contribution in [-0.2, 0) is 6.42 Å². The fourth-order valence-corrected chi connectivity index (χ4v) is 2.66. The zero-order valence-corrected chi connectivity index (χ0v) is 11.3. The maximum absolute atomic E-state index is 5.57. The van der Waals surface area contributed by atoms with Crippen LogP contribution in [0.5, 0.6) is 0 Å². The standard InChI is InChI=1S/C13H19BrN2/c1-16(11-3-2-4-11)12-6-5-10(7-8-15)13(14)9-12/h5-6,9,11H,2-4,7-8,15H2,1H3. The smallest absolute Gasteiger partial charge is 0.0377 e. The molecule has 1 aliphatic carbocycles. The summed E-state index contributed by atoms with van der Waals surface area (Å²) in [7, 11) is 2.19. The highest BCUT2D eigenvalue weighted by Gasteiger charge is 2.22. The van der Waals surface area contributed by atoms with Crippen molar-refractivity contribution in [3.8, 4) is 0 Å². The zero-order chi connectivity index (χ0) is 11.5. The normalized spacial score (nSPS) is 15.9. The first-order valence-electron chi connectivity index (χ1n) is 5.93. The molecule has 88 valence electrons. The third-order valence-electron chi connectivity index (χ3n) is 3.48. The Labute approximate surface area is 106 Å². The van der Waals surface area contributed by atoms with Gasteiger partial charge in [0.25, 0.3) is 0 Å². The molecule has 0 spiro atoms. The number of anilines is 1. The van der Waals surface area contributed by atoms with Gasteiger partial charge in [0.15, 0.2) is 0 Å². The predicted octanol–water partition coefficient (Wildman–Crippen LogP) is 2.94. The van der Waals surface area contributed by atoms with Gasteiger partial charge in [-0.3, -0.25) is 0 Å². The van der Waals surface area contributed by atoms with Gasteiger partial charge in [-0.1, -0.05) is 22.0 Å². The number of benzene rings is 1. The van der Waals surface area contributed by atoms with Crippen LogP contribution in [0.4, 0.5) is 5.69 Å². The Morgan fingerprint density at radius 3 is 2.69 bits per heavy atom. The molecule has 1 saturated carbocycles. The van der Waals surface area contributed by atoms with Gasteiger partial charge in [-0.2, -0.15) is 0 Å². The highest BCUT2D eigenvalue weighted by atomic mass is 79.9. The van der Waals surface area contributed by atoms with Gasteiger partial charge in [0.2, 0.25) is 0 Å². The SMILES string of the molecule is CN(c1ccc(CCN)c(Br)c1)C1CCC1. The van der Waals surface area contributed by atoms with E-state index in [1.54, 1.807) is 0 Å². The fraction of sp³-hybridized carbons (Fsp3) is 0.538. The predicted molar refractivity (Wildman–Crippen MR) is 72.9 cm³/mol. The minimum atomic E-state index is 0.705. The van der Waals surface area contributed by atoms with Crippen LogP contribution >= 0.6 is 15.9 Å². The van der Waals surface area contributed by atoms with Crippen LogP contribution < -0.4 is 10.6 Å². The maximum atomic E-state index is 5.57. The summed E-state index contributed by atoms with van der Waals surface area (Å²) in [6.07, 6.45) is 4.98. The van der Waals surface area contributed by atoms with Crippen molar-refractivity contribution in [2.45, 2.75) is 31.7 Å². The molecule has 0 amide bonds. The minimum Gasteiger partial charge on any atom is -0.372 e. The van der Waals surface area contributed by atoms with Crippen molar-refractivity contribution in [2.75, 3.05) is 18.5 Å². The van der Waals surface area contributed by atoms with Crippen molar-refractivity contribution in [3.63, 3.8) is 0 Å². The second-order valence-electron chi connectivity index (χ2n) is 4.51. The van der Waals surface area contributed by atoms with E-state index in [0.29, 0.717) is 6.54 Å². The lowest BCUT2D eigenvalue weighted by Gasteiger charge is -2.36. The second-order valence-corrected chi connectivity index (χ2v) is 5.36. The first-order chi connectivity index (χ1) is 7.72. The van der Waals surface area contributed by atoms with Crippen LogP contribution in [0.3, 0.4) is 0 Å². The average molecular weight is 283 g/mol. The summed E-state index contributed by atoms with van der Waals surface area (Å²) in [6.45, 7) is 0.705. The molecule has 0 atom stereocenters. The summed E-state index contributed by atoms with van der Waals surface area (Å²) >= 11 is 3.62. The number of nitrogens with zero attached hydrogens (tertiary/aromatic N) is 1. The van der Waals surface area contributed by atoms with E-state index >= 15 is 0 Å². The molecular formula is C13H19BrN2. The van der Waals surface area contributed by atoms with E-state index in [9.17, 15) is 0 Å². The van der Waals surface area contributed by atoms with Gasteiger partial charge >= 0.3 is 0 Å². The largest absolute Gasteiger partial charge is 0.372 e. The Morgan fingerprint density at radius 2 is 2.19 bits per heavy atom. The van der Waals surface area contributed by atoms with E-state index in [4.69, 9.17) is 5.73 Å². The number of hydrogen-bond donors (Lipinski definition) is 1. The van der Waals surface area contributed by atoms with Gasteiger partial charge in [0.05, 0.1) is 0 Å². The monoisotopic (exact) mass is 282 g/mol. The Morgan fingerprint density at radius 1 is 1.44 bits per heavy atom. The molecule has 1 aliphatic rings. The van der Waals surface area contributed by atoms with Crippen molar-refractivity contribution in [1.29, 1.82) is 0 Å². The minimum absolute atomic E-state index is 0.705. The summed E-state index contributed by atoms with van der Waals surface area (Å²) in [5.41, 5.74) is 8.18. The molecular weight excluding hydrogens is 264 g/mol. The molecule has 1 aromatic rings. The highest BCUT2D eigenvalue weighted by molar-refractivity contribution is 9.10. The molecule has 0 aromatic heterocycles. The zero-order valence-electron chi connectivity index (χ0n) is 9.75. The van der Waals surface area contributed by atoms with Gasteiger partial charge in [-0.05, 0) is 49.9 Å². The fourth-order valence-electron chi connectivity index (χ4n) is 2.10. The Hall–Kier alpha value is -0.540. The number of nitrogens with two attached hydrogens (primary N) is 1. The van der Waals surface area contributed by atoms with Crippen LogP contribution in [0.15, 0.2) is 22.7 Å². The van der Waals surface area contributed by atoms with Gasteiger partial charge in [0, 0.05) is 23.2 Å². The number of rotatable bonds is 4. The van der Waals surface area contributed by atoms with E-state index < -0.39 is 0 Å². The number of hydrogen-bond acceptors (Lipinski definition) is 2. The van der Waals surface area contributed by atoms with Crippen molar-refractivity contribution < 1.29 is 0 Å². The Bertz CT molecular complexity index is 361. The van der Waals surface area contributed by atoms with E-state index in [0.717, 1.165) is 12.5 Å². The number of halogens is 1. The third-order valence-corrected chi connectivity index (χ3v) is 4.22. The second kappa shape index (κ2) is 5.19. The summed E-state index contributed by atoms with van der Waals surface area (Å²) in [6, 6.07) is 7.34. The summed E-state index contributed by atoms with van der Waals surface area (Å²) in [4.78, 5) is 2.39. The molecule has 0 saturated heterocycles. The van der Waals surface area contributed by atoms with Crippen LogP contribution in [0.25, 0.3) is 0 Å². The topological polar surface area (TPSA) is 29.3 Å². The van der Waals surface area contributed by atoms with E-state index in [2.05, 4.69) is 46.1 Å². The Kier molecular flexibility index (Phi) is 3.87. The van der Waals surface area contributed by atoms with Crippen LogP contribution in [0, 0.1) is 0 Å². The first-order valence-corrected chi connectivity index (χ1v) is 6.73. The molecule has 3 heteroatoms. The van der Waals surface area contributed by atoms with Crippen molar-refractivity contribution in [1.82, 2.24) is 0 Å². The molecule has 2 N–H and O–H groups in total. The molecule has 2 nitrogen and oxygen atoms in total. The molecule has 16 heavy (non-hydrogen) atoms. The van der Waals surface area contributed by atoms with E-state index in [1.807, 2.05) is 0 Å². The molecule has 0 aliphatic heterocycles. The average Bonchev–Trinajstić information content (AvgIpc) is 2.18. The third kappa shape index (κ3) is 2.41. The lowest BCUT2D eigenvalue weighted by Crippen LogP contribution is -2.37. The lowest BCUT2D eigenvalue weighted by molar-refractivity contribution is 0.401. The van der Waals surface area contributed by atoms with E-state index in [1.165, 1.54) is 35.0 Å². The van der Waals surface area contributed by atoms with Crippen LogP contribution in [0.2, 0.25) is 0 Å². The van der Waals surface area contributed by atoms with E-state index in [-0.39, 0.29) is 0 Å². The highest BCUT2D eigenvalue weighted by Crippen LogP contribution is 2.30. The maximum Gasteiger partial charge on any atom is 0.0377 e. The Balaban J connectivity index is 2.13. The van der Waals surface area contributed by atoms with Gasteiger partial charge < -0.3 is 10.6 Å². The molecule has 0 unspecified atom stereocenters. The summed E-state index contributed by atoms with van der Waals surface area (Å²) < 4.78 is 1.18. The molecule has 1 aromatic carbocycles.